The van der Waals surface area contributed by atoms with E-state index in [0.29, 0.717) is 9.46 Å². The van der Waals surface area contributed by atoms with E-state index in [1.807, 2.05) is 13.8 Å². The fourth-order valence-electron chi connectivity index (χ4n) is 3.34. The van der Waals surface area contributed by atoms with Crippen molar-refractivity contribution in [3.05, 3.63) is 36.0 Å². The summed E-state index contributed by atoms with van der Waals surface area (Å²) in [6, 6.07) is 0.659. The first-order chi connectivity index (χ1) is 12.9. The Morgan fingerprint density at radius 3 is 1.89 bits per heavy atom. The Kier molecular flexibility index (Phi) is 16.9. The quantitative estimate of drug-likeness (QED) is 0.199. The number of hydrogen-bond donors (Lipinski definition) is 0. The van der Waals surface area contributed by atoms with Gasteiger partial charge in [0.05, 0.1) is 0 Å². The van der Waals surface area contributed by atoms with Gasteiger partial charge in [-0.25, -0.2) is 0 Å². The minimum absolute atomic E-state index is 0.217. The number of hydrogen-bond acceptors (Lipinski definition) is 1. The maximum absolute atomic E-state index is 2.69. The van der Waals surface area contributed by atoms with Crippen LogP contribution >= 0.6 is 22.6 Å². The fourth-order valence-corrected chi connectivity index (χ4v) is 3.34. The standard InChI is InChI=1S/C20H35N.C4H9I.C2H6/c1-7-9-11-19(10-8-2)20(5,6)16-18(4)21-14-12-17(3)13-15-21;1-4(2,3)5;1-2/h7-11,17-18H,12-16H2,1-6H3;1-3H3;1-2H3/b9-7-,10-8-,19-11+;;. The molecule has 1 nitrogen and oxygen atoms in total. The molecule has 2 heteroatoms. The normalized spacial score (nSPS) is 18.5. The molecule has 166 valence electrons. The molecule has 0 aromatic carbocycles. The first-order valence-electron chi connectivity index (χ1n) is 11.3. The Hall–Kier alpha value is -0.0900. The van der Waals surface area contributed by atoms with Crippen LogP contribution in [0.5, 0.6) is 0 Å². The highest BCUT2D eigenvalue weighted by Gasteiger charge is 2.28. The first kappa shape index (κ1) is 30.1. The molecular weight excluding hydrogens is 453 g/mol. The van der Waals surface area contributed by atoms with Crippen LogP contribution in [0.2, 0.25) is 0 Å². The number of likely N-dealkylation sites (tertiary alicyclic amines) is 1. The molecule has 0 aliphatic carbocycles. The van der Waals surface area contributed by atoms with Crippen molar-refractivity contribution in [2.45, 2.75) is 105 Å². The maximum Gasteiger partial charge on any atom is 0.0137 e. The molecule has 0 aromatic rings. The van der Waals surface area contributed by atoms with Gasteiger partial charge >= 0.3 is 0 Å². The van der Waals surface area contributed by atoms with Crippen molar-refractivity contribution >= 4 is 22.6 Å². The van der Waals surface area contributed by atoms with Crippen LogP contribution in [0.25, 0.3) is 0 Å². The van der Waals surface area contributed by atoms with Crippen LogP contribution in [0.4, 0.5) is 0 Å². The largest absolute Gasteiger partial charge is 0.301 e. The average molecular weight is 504 g/mol. The topological polar surface area (TPSA) is 3.24 Å². The molecule has 1 unspecified atom stereocenters. The van der Waals surface area contributed by atoms with Gasteiger partial charge in [0.15, 0.2) is 0 Å². The summed E-state index contributed by atoms with van der Waals surface area (Å²) >= 11 is 2.38. The molecule has 0 N–H and O–H groups in total. The maximum atomic E-state index is 2.69. The second-order valence-corrected chi connectivity index (χ2v) is 12.6. The van der Waals surface area contributed by atoms with Crippen molar-refractivity contribution in [2.75, 3.05) is 13.1 Å². The van der Waals surface area contributed by atoms with Gasteiger partial charge in [-0.1, -0.05) is 108 Å². The number of nitrogens with zero attached hydrogens (tertiary/aromatic N) is 1. The number of allylic oxidation sites excluding steroid dienone is 6. The lowest BCUT2D eigenvalue weighted by molar-refractivity contribution is 0.121. The molecule has 28 heavy (non-hydrogen) atoms. The molecule has 1 heterocycles. The molecule has 1 aliphatic heterocycles. The minimum atomic E-state index is 0.217. The predicted molar refractivity (Wildman–Crippen MR) is 141 cm³/mol. The van der Waals surface area contributed by atoms with Gasteiger partial charge in [0.25, 0.3) is 0 Å². The summed E-state index contributed by atoms with van der Waals surface area (Å²) in [5, 5.41) is 0. The van der Waals surface area contributed by atoms with Crippen LogP contribution in [-0.4, -0.2) is 27.5 Å². The zero-order valence-electron chi connectivity index (χ0n) is 20.9. The van der Waals surface area contributed by atoms with Crippen LogP contribution in [-0.2, 0) is 0 Å². The summed E-state index contributed by atoms with van der Waals surface area (Å²) in [4.78, 5) is 2.69. The van der Waals surface area contributed by atoms with Crippen LogP contribution in [0.3, 0.4) is 0 Å². The summed E-state index contributed by atoms with van der Waals surface area (Å²) in [7, 11) is 0. The summed E-state index contributed by atoms with van der Waals surface area (Å²) in [6.45, 7) is 26.8. The Morgan fingerprint density at radius 1 is 1.04 bits per heavy atom. The number of piperidine rings is 1. The van der Waals surface area contributed by atoms with Crippen LogP contribution in [0, 0.1) is 11.3 Å². The average Bonchev–Trinajstić information content (AvgIpc) is 2.59. The molecule has 0 spiro atoms. The molecule has 0 amide bonds. The summed E-state index contributed by atoms with van der Waals surface area (Å²) < 4.78 is 0.470. The first-order valence-corrected chi connectivity index (χ1v) is 12.4. The smallest absolute Gasteiger partial charge is 0.0137 e. The highest BCUT2D eigenvalue weighted by Crippen LogP contribution is 2.35. The Bertz CT molecular complexity index is 451. The summed E-state index contributed by atoms with van der Waals surface area (Å²) in [5.74, 6) is 0.912. The Morgan fingerprint density at radius 2 is 1.50 bits per heavy atom. The zero-order valence-corrected chi connectivity index (χ0v) is 23.1. The van der Waals surface area contributed by atoms with E-state index >= 15 is 0 Å². The van der Waals surface area contributed by atoms with Gasteiger partial charge in [0, 0.05) is 9.46 Å². The van der Waals surface area contributed by atoms with Gasteiger partial charge in [0.2, 0.25) is 0 Å². The summed E-state index contributed by atoms with van der Waals surface area (Å²) in [6.07, 6.45) is 14.9. The van der Waals surface area contributed by atoms with Gasteiger partial charge in [0.1, 0.15) is 0 Å². The molecular formula is C26H50IN. The van der Waals surface area contributed by atoms with Gasteiger partial charge in [-0.3, -0.25) is 0 Å². The molecule has 1 aliphatic rings. The van der Waals surface area contributed by atoms with E-state index in [1.54, 1.807) is 0 Å². The van der Waals surface area contributed by atoms with Crippen molar-refractivity contribution in [1.82, 2.24) is 4.90 Å². The second kappa shape index (κ2) is 15.7. The van der Waals surface area contributed by atoms with Crippen molar-refractivity contribution in [3.8, 4) is 0 Å². The molecule has 0 saturated carbocycles. The molecule has 0 radical (unpaired) electrons. The van der Waals surface area contributed by atoms with Crippen LogP contribution in [0.1, 0.15) is 95.4 Å². The Balaban J connectivity index is 0. The van der Waals surface area contributed by atoms with Gasteiger partial charge in [-0.05, 0) is 70.0 Å². The third kappa shape index (κ3) is 15.8. The third-order valence-corrected chi connectivity index (χ3v) is 4.84. The van der Waals surface area contributed by atoms with Crippen molar-refractivity contribution in [3.63, 3.8) is 0 Å². The second-order valence-electron chi connectivity index (χ2n) is 9.37. The van der Waals surface area contributed by atoms with E-state index in [9.17, 15) is 0 Å². The fraction of sp³-hybridized carbons (Fsp3) is 0.769. The van der Waals surface area contributed by atoms with Crippen LogP contribution in [0.15, 0.2) is 36.0 Å². The number of rotatable bonds is 6. The monoisotopic (exact) mass is 503 g/mol. The number of alkyl halides is 1. The van der Waals surface area contributed by atoms with E-state index < -0.39 is 0 Å². The molecule has 1 atom stereocenters. The van der Waals surface area contributed by atoms with Gasteiger partial charge in [-0.15, -0.1) is 0 Å². The lowest BCUT2D eigenvalue weighted by Crippen LogP contribution is -2.41. The number of halogens is 1. The van der Waals surface area contributed by atoms with Crippen molar-refractivity contribution in [1.29, 1.82) is 0 Å². The van der Waals surface area contributed by atoms with E-state index in [1.165, 1.54) is 37.9 Å². The lowest BCUT2D eigenvalue weighted by Gasteiger charge is -2.39. The minimum Gasteiger partial charge on any atom is -0.301 e. The van der Waals surface area contributed by atoms with E-state index in [2.05, 4.69) is 120 Å². The van der Waals surface area contributed by atoms with Gasteiger partial charge < -0.3 is 4.90 Å². The van der Waals surface area contributed by atoms with Crippen molar-refractivity contribution < 1.29 is 0 Å². The van der Waals surface area contributed by atoms with E-state index in [-0.39, 0.29) is 5.41 Å². The highest BCUT2D eigenvalue weighted by molar-refractivity contribution is 14.1. The highest BCUT2D eigenvalue weighted by atomic mass is 127. The van der Waals surface area contributed by atoms with Crippen molar-refractivity contribution in [2.24, 2.45) is 11.3 Å². The molecule has 0 bridgehead atoms. The Labute approximate surface area is 192 Å². The van der Waals surface area contributed by atoms with E-state index in [0.717, 1.165) is 5.92 Å². The lowest BCUT2D eigenvalue weighted by atomic mass is 9.77. The SMILES string of the molecule is CC.CC(C)(C)I.C\C=C/C=C(\C=C/C)C(C)(C)CC(C)N1CCC(C)CC1. The van der Waals surface area contributed by atoms with Crippen LogP contribution < -0.4 is 0 Å². The zero-order chi connectivity index (χ0) is 22.4. The molecule has 0 aromatic heterocycles. The van der Waals surface area contributed by atoms with Gasteiger partial charge in [-0.2, -0.15) is 0 Å². The summed E-state index contributed by atoms with van der Waals surface area (Å²) in [5.41, 5.74) is 1.65. The predicted octanol–water partition coefficient (Wildman–Crippen LogP) is 8.85. The van der Waals surface area contributed by atoms with E-state index in [4.69, 9.17) is 0 Å². The molecule has 1 saturated heterocycles. The molecule has 1 fully saturated rings. The third-order valence-electron chi connectivity index (χ3n) is 4.84. The molecule has 1 rings (SSSR count).